The second-order valence-electron chi connectivity index (χ2n) is 2.81. The van der Waals surface area contributed by atoms with Crippen LogP contribution in [-0.2, 0) is 4.74 Å². The maximum atomic E-state index is 10.9. The van der Waals surface area contributed by atoms with Gasteiger partial charge in [0.15, 0.2) is 0 Å². The molecule has 1 atom stereocenters. The molecule has 1 heterocycles. The predicted molar refractivity (Wildman–Crippen MR) is 48.4 cm³/mol. The van der Waals surface area contributed by atoms with Crippen LogP contribution in [0.3, 0.4) is 0 Å². The van der Waals surface area contributed by atoms with Crippen molar-refractivity contribution in [1.82, 2.24) is 4.90 Å². The first kappa shape index (κ1) is 11.5. The van der Waals surface area contributed by atoms with Crippen molar-refractivity contribution >= 4 is 18.5 Å². The molecule has 1 fully saturated rings. The number of carbonyl (C=O) groups excluding carboxylic acids is 1. The highest BCUT2D eigenvalue weighted by Crippen LogP contribution is 2.14. The Labute approximate surface area is 78.5 Å². The van der Waals surface area contributed by atoms with Gasteiger partial charge in [0.2, 0.25) is 0 Å². The van der Waals surface area contributed by atoms with Crippen molar-refractivity contribution < 1.29 is 9.53 Å². The van der Waals surface area contributed by atoms with Crippen molar-refractivity contribution in [3.63, 3.8) is 0 Å². The number of nitrogens with zero attached hydrogens (tertiary/aromatic N) is 1. The summed E-state index contributed by atoms with van der Waals surface area (Å²) in [6.07, 6.45) is 0.770. The molecule has 1 amide bonds. The van der Waals surface area contributed by atoms with Gasteiger partial charge in [0.25, 0.3) is 0 Å². The molecule has 0 saturated carbocycles. The Balaban J connectivity index is 0.00000121. The molecule has 72 valence electrons. The fourth-order valence-corrected chi connectivity index (χ4v) is 1.32. The van der Waals surface area contributed by atoms with Gasteiger partial charge >= 0.3 is 6.09 Å². The lowest BCUT2D eigenvalue weighted by molar-refractivity contribution is 0.131. The molecular weight excluding hydrogens is 180 g/mol. The highest BCUT2D eigenvalue weighted by atomic mass is 35.5. The van der Waals surface area contributed by atoms with Crippen LogP contribution in [0.2, 0.25) is 0 Å². The number of rotatable bonds is 1. The second-order valence-corrected chi connectivity index (χ2v) is 2.81. The lowest BCUT2D eigenvalue weighted by Gasteiger charge is -2.13. The highest BCUT2D eigenvalue weighted by molar-refractivity contribution is 5.85. The van der Waals surface area contributed by atoms with Crippen molar-refractivity contribution in [3.8, 4) is 0 Å². The van der Waals surface area contributed by atoms with Crippen LogP contribution in [0.25, 0.3) is 0 Å². The van der Waals surface area contributed by atoms with Gasteiger partial charge in [-0.3, -0.25) is 0 Å². The van der Waals surface area contributed by atoms with E-state index in [9.17, 15) is 4.79 Å². The molecule has 5 heteroatoms. The van der Waals surface area contributed by atoms with Gasteiger partial charge in [0.05, 0.1) is 7.11 Å². The van der Waals surface area contributed by atoms with Gasteiger partial charge in [-0.25, -0.2) is 4.79 Å². The van der Waals surface area contributed by atoms with Crippen molar-refractivity contribution in [2.24, 2.45) is 11.7 Å². The molecule has 0 aliphatic carbocycles. The number of amides is 1. The standard InChI is InChI=1S/C7H14N2O2.ClH/c1-11-7(10)9-3-2-6(4-8)5-9;/h6H,2-5,8H2,1H3;1H/t6-;/m0./s1. The van der Waals surface area contributed by atoms with E-state index < -0.39 is 0 Å². The Bertz CT molecular complexity index is 154. The smallest absolute Gasteiger partial charge is 0.409 e. The third-order valence-electron chi connectivity index (χ3n) is 2.05. The number of hydrogen-bond acceptors (Lipinski definition) is 3. The summed E-state index contributed by atoms with van der Waals surface area (Å²) in [5, 5.41) is 0. The Morgan fingerprint density at radius 2 is 2.42 bits per heavy atom. The van der Waals surface area contributed by atoms with E-state index in [1.807, 2.05) is 0 Å². The molecule has 1 aliphatic rings. The molecule has 2 N–H and O–H groups in total. The van der Waals surface area contributed by atoms with Crippen LogP contribution in [0.5, 0.6) is 0 Å². The summed E-state index contributed by atoms with van der Waals surface area (Å²) in [6, 6.07) is 0. The van der Waals surface area contributed by atoms with Crippen LogP contribution in [0.4, 0.5) is 4.79 Å². The summed E-state index contributed by atoms with van der Waals surface area (Å²) in [4.78, 5) is 12.6. The van der Waals surface area contributed by atoms with E-state index >= 15 is 0 Å². The molecule has 1 aliphatic heterocycles. The summed E-state index contributed by atoms with van der Waals surface area (Å²) >= 11 is 0. The van der Waals surface area contributed by atoms with Crippen molar-refractivity contribution in [2.75, 3.05) is 26.7 Å². The highest BCUT2D eigenvalue weighted by Gasteiger charge is 2.25. The van der Waals surface area contributed by atoms with Crippen LogP contribution in [0.15, 0.2) is 0 Å². The average molecular weight is 195 g/mol. The molecule has 0 radical (unpaired) electrons. The zero-order chi connectivity index (χ0) is 8.27. The van der Waals surface area contributed by atoms with Crippen LogP contribution >= 0.6 is 12.4 Å². The predicted octanol–water partition coefficient (Wildman–Crippen LogP) is 0.455. The molecule has 0 aromatic rings. The zero-order valence-corrected chi connectivity index (χ0v) is 7.97. The second kappa shape index (κ2) is 5.22. The Kier molecular flexibility index (Phi) is 5.01. The molecular formula is C7H15ClN2O2. The van der Waals surface area contributed by atoms with Gasteiger partial charge in [-0.2, -0.15) is 0 Å². The summed E-state index contributed by atoms with van der Waals surface area (Å²) in [6.45, 7) is 2.20. The monoisotopic (exact) mass is 194 g/mol. The van der Waals surface area contributed by atoms with Crippen molar-refractivity contribution in [1.29, 1.82) is 0 Å². The maximum absolute atomic E-state index is 10.9. The van der Waals surface area contributed by atoms with Gasteiger partial charge in [-0.1, -0.05) is 0 Å². The quantitative estimate of drug-likeness (QED) is 0.660. The fraction of sp³-hybridized carbons (Fsp3) is 0.857. The summed E-state index contributed by atoms with van der Waals surface area (Å²) in [5.41, 5.74) is 5.46. The minimum Gasteiger partial charge on any atom is -0.453 e. The summed E-state index contributed by atoms with van der Waals surface area (Å²) in [7, 11) is 1.40. The molecule has 1 saturated heterocycles. The number of nitrogens with two attached hydrogens (primary N) is 1. The molecule has 12 heavy (non-hydrogen) atoms. The first-order chi connectivity index (χ1) is 5.27. The topological polar surface area (TPSA) is 55.6 Å². The van der Waals surface area contributed by atoms with E-state index in [2.05, 4.69) is 4.74 Å². The number of carbonyl (C=O) groups is 1. The van der Waals surface area contributed by atoms with Crippen LogP contribution in [0.1, 0.15) is 6.42 Å². The third kappa shape index (κ3) is 2.53. The Morgan fingerprint density at radius 3 is 2.83 bits per heavy atom. The summed E-state index contributed by atoms with van der Waals surface area (Å²) < 4.78 is 4.57. The van der Waals surface area contributed by atoms with Gasteiger partial charge in [0, 0.05) is 13.1 Å². The van der Waals surface area contributed by atoms with Gasteiger partial charge in [0.1, 0.15) is 0 Å². The SMILES string of the molecule is COC(=O)N1CC[C@@H](CN)C1.Cl. The third-order valence-corrected chi connectivity index (χ3v) is 2.05. The molecule has 0 aromatic heterocycles. The van der Waals surface area contributed by atoms with Crippen LogP contribution in [-0.4, -0.2) is 37.7 Å². The van der Waals surface area contributed by atoms with Crippen molar-refractivity contribution in [2.45, 2.75) is 6.42 Å². The van der Waals surface area contributed by atoms with Gasteiger partial charge in [-0.15, -0.1) is 12.4 Å². The molecule has 4 nitrogen and oxygen atoms in total. The van der Waals surface area contributed by atoms with E-state index in [-0.39, 0.29) is 18.5 Å². The molecule has 0 spiro atoms. The number of ether oxygens (including phenoxy) is 1. The first-order valence-electron chi connectivity index (χ1n) is 3.81. The van der Waals surface area contributed by atoms with Crippen LogP contribution in [0, 0.1) is 5.92 Å². The summed E-state index contributed by atoms with van der Waals surface area (Å²) in [5.74, 6) is 0.467. The normalized spacial score (nSPS) is 21.8. The minimum absolute atomic E-state index is 0. The first-order valence-corrected chi connectivity index (χ1v) is 3.81. The van der Waals surface area contributed by atoms with E-state index in [4.69, 9.17) is 5.73 Å². The minimum atomic E-state index is -0.235. The molecule has 0 aromatic carbocycles. The maximum Gasteiger partial charge on any atom is 0.409 e. The zero-order valence-electron chi connectivity index (χ0n) is 7.16. The molecule has 1 rings (SSSR count). The molecule has 0 bridgehead atoms. The van der Waals surface area contributed by atoms with Crippen molar-refractivity contribution in [3.05, 3.63) is 0 Å². The molecule has 0 unspecified atom stereocenters. The number of halogens is 1. The van der Waals surface area contributed by atoms with E-state index in [1.54, 1.807) is 4.90 Å². The Hall–Kier alpha value is -0.480. The van der Waals surface area contributed by atoms with E-state index in [0.29, 0.717) is 12.5 Å². The number of likely N-dealkylation sites (tertiary alicyclic amines) is 1. The van der Waals surface area contributed by atoms with Gasteiger partial charge < -0.3 is 15.4 Å². The van der Waals surface area contributed by atoms with E-state index in [1.165, 1.54) is 7.11 Å². The lowest BCUT2D eigenvalue weighted by Crippen LogP contribution is -2.29. The average Bonchev–Trinajstić information content (AvgIpc) is 2.50. The van der Waals surface area contributed by atoms with Crippen LogP contribution < -0.4 is 5.73 Å². The van der Waals surface area contributed by atoms with Gasteiger partial charge in [-0.05, 0) is 18.9 Å². The number of methoxy groups -OCH3 is 1. The Morgan fingerprint density at radius 1 is 1.75 bits per heavy atom. The number of hydrogen-bond donors (Lipinski definition) is 1. The lowest BCUT2D eigenvalue weighted by atomic mass is 10.1. The van der Waals surface area contributed by atoms with E-state index in [0.717, 1.165) is 19.5 Å². The fourth-order valence-electron chi connectivity index (χ4n) is 1.32. The largest absolute Gasteiger partial charge is 0.453 e.